The van der Waals surface area contributed by atoms with Gasteiger partial charge < -0.3 is 15.2 Å². The largest absolute Gasteiger partial charge is 0.481 e. The van der Waals surface area contributed by atoms with Gasteiger partial charge in [0.1, 0.15) is 5.60 Å². The first kappa shape index (κ1) is 15.9. The highest BCUT2D eigenvalue weighted by atomic mass is 16.5. The molecule has 1 amide bonds. The van der Waals surface area contributed by atoms with Crippen LogP contribution in [0, 0.1) is 5.92 Å². The Labute approximate surface area is 103 Å². The minimum Gasteiger partial charge on any atom is -0.481 e. The summed E-state index contributed by atoms with van der Waals surface area (Å²) in [7, 11) is 1.50. The van der Waals surface area contributed by atoms with Crippen LogP contribution < -0.4 is 5.32 Å². The Bertz CT molecular complexity index is 263. The molecule has 0 rings (SSSR count). The van der Waals surface area contributed by atoms with Gasteiger partial charge in [-0.2, -0.15) is 0 Å². The normalized spacial score (nSPS) is 13.2. The van der Waals surface area contributed by atoms with Crippen molar-refractivity contribution in [1.82, 2.24) is 5.32 Å². The van der Waals surface area contributed by atoms with E-state index in [1.807, 2.05) is 6.92 Å². The lowest BCUT2D eigenvalue weighted by Gasteiger charge is -2.22. The summed E-state index contributed by atoms with van der Waals surface area (Å²) in [5, 5.41) is 11.3. The minimum absolute atomic E-state index is 0.148. The Morgan fingerprint density at radius 2 is 1.94 bits per heavy atom. The van der Waals surface area contributed by atoms with Gasteiger partial charge in [0.2, 0.25) is 0 Å². The van der Waals surface area contributed by atoms with E-state index >= 15 is 0 Å². The Hall–Kier alpha value is -1.10. The number of hydrogen-bond donors (Lipinski definition) is 2. The average molecular weight is 245 g/mol. The predicted molar refractivity (Wildman–Crippen MR) is 64.7 cm³/mol. The van der Waals surface area contributed by atoms with E-state index in [1.54, 1.807) is 13.8 Å². The zero-order valence-corrected chi connectivity index (χ0v) is 11.1. The number of methoxy groups -OCH3 is 1. The number of hydrogen-bond acceptors (Lipinski definition) is 3. The fraction of sp³-hybridized carbons (Fsp3) is 0.833. The van der Waals surface area contributed by atoms with Crippen molar-refractivity contribution in [3.63, 3.8) is 0 Å². The molecule has 0 saturated carbocycles. The van der Waals surface area contributed by atoms with E-state index in [4.69, 9.17) is 9.84 Å². The molecule has 17 heavy (non-hydrogen) atoms. The standard InChI is InChI=1S/C12H23NO4/c1-9(5-6-10(14)15)7-8-13-11(16)12(2,3)17-4/h9H,5-8H2,1-4H3,(H,13,16)(H,14,15). The van der Waals surface area contributed by atoms with Crippen LogP contribution in [0.15, 0.2) is 0 Å². The second-order valence-corrected chi connectivity index (χ2v) is 4.80. The molecule has 0 aromatic rings. The molecule has 0 spiro atoms. The maximum absolute atomic E-state index is 11.6. The van der Waals surface area contributed by atoms with E-state index in [0.717, 1.165) is 6.42 Å². The maximum Gasteiger partial charge on any atom is 0.303 e. The number of carbonyl (C=O) groups is 2. The van der Waals surface area contributed by atoms with Crippen molar-refractivity contribution in [2.24, 2.45) is 5.92 Å². The number of carboxylic acid groups (broad SMARTS) is 1. The number of carboxylic acids is 1. The summed E-state index contributed by atoms with van der Waals surface area (Å²) in [6.07, 6.45) is 1.59. The van der Waals surface area contributed by atoms with Gasteiger partial charge in [-0.25, -0.2) is 0 Å². The van der Waals surface area contributed by atoms with Gasteiger partial charge in [0.05, 0.1) is 0 Å². The smallest absolute Gasteiger partial charge is 0.303 e. The second kappa shape index (κ2) is 7.27. The number of rotatable bonds is 8. The van der Waals surface area contributed by atoms with Crippen LogP contribution in [-0.2, 0) is 14.3 Å². The molecule has 0 aromatic carbocycles. The number of amides is 1. The van der Waals surface area contributed by atoms with Crippen molar-refractivity contribution in [1.29, 1.82) is 0 Å². The van der Waals surface area contributed by atoms with Crippen molar-refractivity contribution in [3.8, 4) is 0 Å². The third kappa shape index (κ3) is 6.94. The lowest BCUT2D eigenvalue weighted by atomic mass is 10.0. The van der Waals surface area contributed by atoms with Crippen LogP contribution in [-0.4, -0.2) is 36.2 Å². The number of nitrogens with one attached hydrogen (secondary N) is 1. The fourth-order valence-electron chi connectivity index (χ4n) is 1.25. The van der Waals surface area contributed by atoms with Gasteiger partial charge in [-0.05, 0) is 32.6 Å². The molecule has 5 heteroatoms. The van der Waals surface area contributed by atoms with Crippen molar-refractivity contribution in [2.45, 2.75) is 45.6 Å². The molecular weight excluding hydrogens is 222 g/mol. The fourth-order valence-corrected chi connectivity index (χ4v) is 1.25. The molecule has 0 aliphatic rings. The zero-order valence-electron chi connectivity index (χ0n) is 11.1. The van der Waals surface area contributed by atoms with E-state index in [2.05, 4.69) is 5.32 Å². The van der Waals surface area contributed by atoms with Gasteiger partial charge in [0.15, 0.2) is 0 Å². The summed E-state index contributed by atoms with van der Waals surface area (Å²) in [5.41, 5.74) is -0.815. The van der Waals surface area contributed by atoms with E-state index in [0.29, 0.717) is 13.0 Å². The van der Waals surface area contributed by atoms with Crippen LogP contribution in [0.25, 0.3) is 0 Å². The molecule has 1 unspecified atom stereocenters. The summed E-state index contributed by atoms with van der Waals surface area (Å²) in [6.45, 7) is 5.94. The Morgan fingerprint density at radius 1 is 1.35 bits per heavy atom. The molecule has 0 bridgehead atoms. The van der Waals surface area contributed by atoms with Crippen molar-refractivity contribution in [3.05, 3.63) is 0 Å². The lowest BCUT2D eigenvalue weighted by Crippen LogP contribution is -2.44. The van der Waals surface area contributed by atoms with Crippen LogP contribution in [0.3, 0.4) is 0 Å². The summed E-state index contributed by atoms with van der Waals surface area (Å²) >= 11 is 0. The van der Waals surface area contributed by atoms with Crippen molar-refractivity contribution in [2.75, 3.05) is 13.7 Å². The summed E-state index contributed by atoms with van der Waals surface area (Å²) in [4.78, 5) is 22.0. The molecule has 0 fully saturated rings. The number of ether oxygens (including phenoxy) is 1. The third-order valence-electron chi connectivity index (χ3n) is 2.83. The number of carbonyl (C=O) groups excluding carboxylic acids is 1. The second-order valence-electron chi connectivity index (χ2n) is 4.80. The van der Waals surface area contributed by atoms with Crippen molar-refractivity contribution < 1.29 is 19.4 Å². The van der Waals surface area contributed by atoms with Gasteiger partial charge in [0.25, 0.3) is 5.91 Å². The van der Waals surface area contributed by atoms with E-state index in [1.165, 1.54) is 7.11 Å². The Balaban J connectivity index is 3.77. The molecule has 0 aromatic heterocycles. The van der Waals surface area contributed by atoms with Crippen molar-refractivity contribution >= 4 is 11.9 Å². The monoisotopic (exact) mass is 245 g/mol. The van der Waals surface area contributed by atoms with Gasteiger partial charge >= 0.3 is 5.97 Å². The first-order valence-corrected chi connectivity index (χ1v) is 5.85. The zero-order chi connectivity index (χ0) is 13.5. The Kier molecular flexibility index (Phi) is 6.80. The molecular formula is C12H23NO4. The number of aliphatic carboxylic acids is 1. The van der Waals surface area contributed by atoms with Crippen LogP contribution >= 0.6 is 0 Å². The highest BCUT2D eigenvalue weighted by molar-refractivity contribution is 5.84. The van der Waals surface area contributed by atoms with E-state index in [9.17, 15) is 9.59 Å². The summed E-state index contributed by atoms with van der Waals surface area (Å²) in [6, 6.07) is 0. The van der Waals surface area contributed by atoms with Crippen LogP contribution in [0.4, 0.5) is 0 Å². The third-order valence-corrected chi connectivity index (χ3v) is 2.83. The van der Waals surface area contributed by atoms with Gasteiger partial charge in [0, 0.05) is 20.1 Å². The molecule has 0 saturated heterocycles. The lowest BCUT2D eigenvalue weighted by molar-refractivity contribution is -0.139. The molecule has 0 aliphatic heterocycles. The van der Waals surface area contributed by atoms with Crippen LogP contribution in [0.5, 0.6) is 0 Å². The SMILES string of the molecule is COC(C)(C)C(=O)NCCC(C)CCC(=O)O. The Morgan fingerprint density at radius 3 is 2.41 bits per heavy atom. The topological polar surface area (TPSA) is 75.6 Å². The first-order chi connectivity index (χ1) is 7.79. The van der Waals surface area contributed by atoms with Gasteiger partial charge in [-0.1, -0.05) is 6.92 Å². The van der Waals surface area contributed by atoms with Crippen LogP contribution in [0.1, 0.15) is 40.0 Å². The maximum atomic E-state index is 11.6. The van der Waals surface area contributed by atoms with Gasteiger partial charge in [-0.15, -0.1) is 0 Å². The predicted octanol–water partition coefficient (Wildman–Crippen LogP) is 1.42. The molecule has 1 atom stereocenters. The minimum atomic E-state index is -0.815. The average Bonchev–Trinajstić information content (AvgIpc) is 2.26. The van der Waals surface area contributed by atoms with Gasteiger partial charge in [-0.3, -0.25) is 9.59 Å². The first-order valence-electron chi connectivity index (χ1n) is 5.85. The molecule has 0 radical (unpaired) electrons. The molecule has 0 heterocycles. The molecule has 5 nitrogen and oxygen atoms in total. The highest BCUT2D eigenvalue weighted by Crippen LogP contribution is 2.10. The van der Waals surface area contributed by atoms with Crippen LogP contribution in [0.2, 0.25) is 0 Å². The van der Waals surface area contributed by atoms with E-state index in [-0.39, 0.29) is 18.2 Å². The highest BCUT2D eigenvalue weighted by Gasteiger charge is 2.26. The quantitative estimate of drug-likeness (QED) is 0.678. The summed E-state index contributed by atoms with van der Waals surface area (Å²) < 4.78 is 5.05. The summed E-state index contributed by atoms with van der Waals surface area (Å²) in [5.74, 6) is -0.635. The molecule has 2 N–H and O–H groups in total. The molecule has 0 aliphatic carbocycles. The van der Waals surface area contributed by atoms with E-state index < -0.39 is 11.6 Å². The molecule has 100 valence electrons.